The van der Waals surface area contributed by atoms with Gasteiger partial charge in [0.05, 0.1) is 12.1 Å². The van der Waals surface area contributed by atoms with Crippen molar-refractivity contribution in [2.75, 3.05) is 6.54 Å². The van der Waals surface area contributed by atoms with Crippen molar-refractivity contribution in [3.05, 3.63) is 35.6 Å². The van der Waals surface area contributed by atoms with Crippen LogP contribution in [0.2, 0.25) is 0 Å². The summed E-state index contributed by atoms with van der Waals surface area (Å²) in [5.74, 6) is -0.319. The number of rotatable bonds is 2. The molecule has 0 aromatic heterocycles. The van der Waals surface area contributed by atoms with Crippen LogP contribution in [0.4, 0.5) is 4.39 Å². The highest BCUT2D eigenvalue weighted by Crippen LogP contribution is 2.31. The van der Waals surface area contributed by atoms with Crippen LogP contribution in [0.3, 0.4) is 0 Å². The molecule has 1 aliphatic heterocycles. The maximum Gasteiger partial charge on any atom is 0.210 e. The number of carbonyl (C=O) groups excluding carboxylic acids is 1. The molecule has 1 aromatic carbocycles. The van der Waals surface area contributed by atoms with E-state index < -0.39 is 6.10 Å². The van der Waals surface area contributed by atoms with Crippen LogP contribution in [-0.2, 0) is 4.79 Å². The van der Waals surface area contributed by atoms with Gasteiger partial charge in [-0.2, -0.15) is 0 Å². The third-order valence-corrected chi connectivity index (χ3v) is 2.47. The number of aliphatic hydroxyl groups excluding tert-OH is 1. The fourth-order valence-corrected chi connectivity index (χ4v) is 1.69. The van der Waals surface area contributed by atoms with Crippen molar-refractivity contribution in [2.45, 2.75) is 12.1 Å². The molecule has 2 unspecified atom stereocenters. The summed E-state index contributed by atoms with van der Waals surface area (Å²) in [6.45, 7) is 0.353. The zero-order valence-electron chi connectivity index (χ0n) is 7.43. The molecule has 1 fully saturated rings. The van der Waals surface area contributed by atoms with Gasteiger partial charge in [0.1, 0.15) is 5.82 Å². The van der Waals surface area contributed by atoms with Gasteiger partial charge >= 0.3 is 0 Å². The van der Waals surface area contributed by atoms with Gasteiger partial charge in [-0.1, -0.05) is 12.1 Å². The number of halogens is 1. The molecule has 1 amide bonds. The predicted molar refractivity (Wildman–Crippen MR) is 47.9 cm³/mol. The van der Waals surface area contributed by atoms with Crippen molar-refractivity contribution >= 4 is 6.41 Å². The first kappa shape index (κ1) is 9.15. The molecule has 1 N–H and O–H groups in total. The molecule has 4 heteroatoms. The van der Waals surface area contributed by atoms with E-state index in [0.717, 1.165) is 5.56 Å². The summed E-state index contributed by atoms with van der Waals surface area (Å²) in [6.07, 6.45) is 0.159. The largest absolute Gasteiger partial charge is 0.389 e. The first-order valence-electron chi connectivity index (χ1n) is 4.37. The van der Waals surface area contributed by atoms with Gasteiger partial charge in [0.25, 0.3) is 0 Å². The molecule has 2 rings (SSSR count). The zero-order chi connectivity index (χ0) is 10.1. The second kappa shape index (κ2) is 3.38. The number of amides is 1. The van der Waals surface area contributed by atoms with Crippen molar-refractivity contribution in [1.82, 2.24) is 4.90 Å². The van der Waals surface area contributed by atoms with Gasteiger partial charge in [-0.15, -0.1) is 0 Å². The lowest BCUT2D eigenvalue weighted by Crippen LogP contribution is -2.52. The first-order chi connectivity index (χ1) is 6.72. The molecule has 0 radical (unpaired) electrons. The monoisotopic (exact) mass is 195 g/mol. The van der Waals surface area contributed by atoms with E-state index in [2.05, 4.69) is 0 Å². The van der Waals surface area contributed by atoms with Crippen molar-refractivity contribution in [2.24, 2.45) is 0 Å². The lowest BCUT2D eigenvalue weighted by molar-refractivity contribution is -0.137. The maximum absolute atomic E-state index is 12.6. The smallest absolute Gasteiger partial charge is 0.210 e. The molecule has 0 saturated carbocycles. The SMILES string of the molecule is O=CN1CC(O)C1c1ccc(F)cc1. The van der Waals surface area contributed by atoms with Gasteiger partial charge in [-0.25, -0.2) is 4.39 Å². The molecule has 1 aromatic rings. The van der Waals surface area contributed by atoms with E-state index >= 15 is 0 Å². The predicted octanol–water partition coefficient (Wildman–Crippen LogP) is 0.700. The maximum atomic E-state index is 12.6. The minimum atomic E-state index is -0.536. The third kappa shape index (κ3) is 1.37. The van der Waals surface area contributed by atoms with Gasteiger partial charge in [0.2, 0.25) is 6.41 Å². The van der Waals surface area contributed by atoms with Crippen molar-refractivity contribution in [3.8, 4) is 0 Å². The summed E-state index contributed by atoms with van der Waals surface area (Å²) >= 11 is 0. The summed E-state index contributed by atoms with van der Waals surface area (Å²) in [7, 11) is 0. The average molecular weight is 195 g/mol. The quantitative estimate of drug-likeness (QED) is 0.706. The lowest BCUT2D eigenvalue weighted by atomic mass is 9.93. The summed E-state index contributed by atoms with van der Waals surface area (Å²) in [6, 6.07) is 5.50. The lowest BCUT2D eigenvalue weighted by Gasteiger charge is -2.43. The number of hydrogen-bond donors (Lipinski definition) is 1. The van der Waals surface area contributed by atoms with Crippen LogP contribution in [0.1, 0.15) is 11.6 Å². The molecule has 1 heterocycles. The van der Waals surface area contributed by atoms with Gasteiger partial charge in [-0.05, 0) is 17.7 Å². The average Bonchev–Trinajstić information content (AvgIpc) is 2.17. The van der Waals surface area contributed by atoms with Gasteiger partial charge in [0, 0.05) is 6.54 Å². The molecular formula is C10H10FNO2. The summed E-state index contributed by atoms with van der Waals surface area (Å²) in [4.78, 5) is 12.0. The molecule has 14 heavy (non-hydrogen) atoms. The Hall–Kier alpha value is -1.42. The molecule has 0 bridgehead atoms. The summed E-state index contributed by atoms with van der Waals surface area (Å²) in [5.41, 5.74) is 0.761. The van der Waals surface area contributed by atoms with Crippen molar-refractivity contribution in [1.29, 1.82) is 0 Å². The van der Waals surface area contributed by atoms with E-state index in [1.165, 1.54) is 17.0 Å². The minimum absolute atomic E-state index is 0.312. The normalized spacial score (nSPS) is 25.7. The van der Waals surface area contributed by atoms with Crippen LogP contribution in [0.25, 0.3) is 0 Å². The zero-order valence-corrected chi connectivity index (χ0v) is 7.43. The number of β-amino-alcohol motifs (C(OH)–C–C–N with tert-alkyl or cyclic N) is 1. The molecule has 1 aliphatic rings. The van der Waals surface area contributed by atoms with Crippen LogP contribution in [0.5, 0.6) is 0 Å². The van der Waals surface area contributed by atoms with Crippen LogP contribution < -0.4 is 0 Å². The molecular weight excluding hydrogens is 185 g/mol. The molecule has 3 nitrogen and oxygen atoms in total. The second-order valence-electron chi connectivity index (χ2n) is 3.37. The summed E-state index contributed by atoms with van der Waals surface area (Å²) < 4.78 is 12.6. The highest BCUT2D eigenvalue weighted by molar-refractivity contribution is 5.51. The highest BCUT2D eigenvalue weighted by atomic mass is 19.1. The Labute approximate surface area is 80.8 Å². The molecule has 2 atom stereocenters. The fraction of sp³-hybridized carbons (Fsp3) is 0.300. The Morgan fingerprint density at radius 3 is 2.57 bits per heavy atom. The van der Waals surface area contributed by atoms with E-state index in [1.807, 2.05) is 0 Å². The van der Waals surface area contributed by atoms with Gasteiger partial charge in [0.15, 0.2) is 0 Å². The number of carbonyl (C=O) groups is 1. The van der Waals surface area contributed by atoms with Crippen LogP contribution in [-0.4, -0.2) is 29.1 Å². The highest BCUT2D eigenvalue weighted by Gasteiger charge is 2.37. The number of aliphatic hydroxyl groups is 1. The molecule has 1 saturated heterocycles. The van der Waals surface area contributed by atoms with E-state index in [-0.39, 0.29) is 11.9 Å². The van der Waals surface area contributed by atoms with Crippen LogP contribution in [0, 0.1) is 5.82 Å². The summed E-state index contributed by atoms with van der Waals surface area (Å²) in [5, 5.41) is 9.44. The Bertz CT molecular complexity index is 338. The first-order valence-corrected chi connectivity index (χ1v) is 4.37. The van der Waals surface area contributed by atoms with Crippen molar-refractivity contribution < 1.29 is 14.3 Å². The van der Waals surface area contributed by atoms with E-state index in [0.29, 0.717) is 13.0 Å². The minimum Gasteiger partial charge on any atom is -0.389 e. The number of nitrogens with zero attached hydrogens (tertiary/aromatic N) is 1. The number of hydrogen-bond acceptors (Lipinski definition) is 2. The molecule has 0 spiro atoms. The second-order valence-corrected chi connectivity index (χ2v) is 3.37. The Balaban J connectivity index is 2.21. The Morgan fingerprint density at radius 2 is 2.07 bits per heavy atom. The number of likely N-dealkylation sites (tertiary alicyclic amines) is 1. The fourth-order valence-electron chi connectivity index (χ4n) is 1.69. The molecule has 0 aliphatic carbocycles. The Kier molecular flexibility index (Phi) is 2.21. The third-order valence-electron chi connectivity index (χ3n) is 2.47. The van der Waals surface area contributed by atoms with E-state index in [4.69, 9.17) is 0 Å². The Morgan fingerprint density at radius 1 is 1.43 bits per heavy atom. The molecule has 74 valence electrons. The standard InChI is InChI=1S/C10H10FNO2/c11-8-3-1-7(2-4-8)10-9(14)5-12(10)6-13/h1-4,6,9-10,14H,5H2. The van der Waals surface area contributed by atoms with Gasteiger partial charge in [-0.3, -0.25) is 4.79 Å². The topological polar surface area (TPSA) is 40.5 Å². The van der Waals surface area contributed by atoms with Gasteiger partial charge < -0.3 is 10.0 Å². The van der Waals surface area contributed by atoms with Crippen LogP contribution >= 0.6 is 0 Å². The van der Waals surface area contributed by atoms with Crippen molar-refractivity contribution in [3.63, 3.8) is 0 Å². The number of benzene rings is 1. The van der Waals surface area contributed by atoms with E-state index in [9.17, 15) is 14.3 Å². The van der Waals surface area contributed by atoms with E-state index in [1.54, 1.807) is 12.1 Å². The van der Waals surface area contributed by atoms with Crippen LogP contribution in [0.15, 0.2) is 24.3 Å².